The summed E-state index contributed by atoms with van der Waals surface area (Å²) in [5, 5.41) is 4.34. The zero-order valence-electron chi connectivity index (χ0n) is 12.9. The molecule has 1 amide bonds. The Kier molecular flexibility index (Phi) is 3.29. The quantitative estimate of drug-likeness (QED) is 0.741. The fourth-order valence-electron chi connectivity index (χ4n) is 2.66. The number of amides is 1. The Balaban J connectivity index is 1.65. The maximum absolute atomic E-state index is 12.9. The number of nitrogens with zero attached hydrogens (tertiary/aromatic N) is 5. The highest BCUT2D eigenvalue weighted by Crippen LogP contribution is 2.29. The molecule has 0 spiro atoms. The third kappa shape index (κ3) is 2.67. The van der Waals surface area contributed by atoms with Crippen LogP contribution in [0, 0.1) is 6.92 Å². The van der Waals surface area contributed by atoms with E-state index in [2.05, 4.69) is 15.1 Å². The molecule has 4 rings (SSSR count). The topological polar surface area (TPSA) is 63.4 Å². The van der Waals surface area contributed by atoms with E-state index < -0.39 is 0 Å². The van der Waals surface area contributed by atoms with Crippen LogP contribution in [0.1, 0.15) is 34.7 Å². The van der Waals surface area contributed by atoms with Gasteiger partial charge < -0.3 is 4.90 Å². The van der Waals surface area contributed by atoms with Crippen LogP contribution in [-0.2, 0) is 6.54 Å². The largest absolute Gasteiger partial charge is 0.329 e. The third-order valence-electron chi connectivity index (χ3n) is 4.07. The van der Waals surface area contributed by atoms with Crippen LogP contribution in [0.15, 0.2) is 42.6 Å². The van der Waals surface area contributed by atoms with Crippen molar-refractivity contribution >= 4 is 11.7 Å². The molecule has 3 aromatic rings. The summed E-state index contributed by atoms with van der Waals surface area (Å²) in [7, 11) is 0. The molecule has 0 radical (unpaired) electrons. The Morgan fingerprint density at radius 1 is 1.26 bits per heavy atom. The van der Waals surface area contributed by atoms with Crippen molar-refractivity contribution in [3.63, 3.8) is 0 Å². The number of carbonyl (C=O) groups is 1. The van der Waals surface area contributed by atoms with E-state index in [-0.39, 0.29) is 11.7 Å². The Bertz CT molecular complexity index is 854. The lowest BCUT2D eigenvalue weighted by molar-refractivity contribution is 0.0717. The summed E-state index contributed by atoms with van der Waals surface area (Å²) >= 11 is 0. The Morgan fingerprint density at radius 3 is 2.74 bits per heavy atom. The van der Waals surface area contributed by atoms with Gasteiger partial charge in [-0.3, -0.25) is 4.79 Å². The van der Waals surface area contributed by atoms with Crippen LogP contribution in [0.3, 0.4) is 0 Å². The molecule has 1 aliphatic rings. The molecule has 6 nitrogen and oxygen atoms in total. The highest BCUT2D eigenvalue weighted by atomic mass is 16.2. The number of fused-ring (bicyclic) bond motifs is 1. The van der Waals surface area contributed by atoms with Crippen LogP contribution >= 0.6 is 0 Å². The van der Waals surface area contributed by atoms with E-state index in [0.717, 1.165) is 24.1 Å². The zero-order valence-corrected chi connectivity index (χ0v) is 12.9. The van der Waals surface area contributed by atoms with Gasteiger partial charge in [-0.25, -0.2) is 9.50 Å². The maximum Gasteiger partial charge on any atom is 0.294 e. The lowest BCUT2D eigenvalue weighted by atomic mass is 10.2. The average Bonchev–Trinajstić information content (AvgIpc) is 3.31. The molecule has 1 fully saturated rings. The van der Waals surface area contributed by atoms with E-state index in [4.69, 9.17) is 0 Å². The second kappa shape index (κ2) is 5.46. The standard InChI is InChI=1S/C17H17N5O/c1-12-9-10-18-17-19-15(20-22(12)17)16(23)21(14-7-8-14)11-13-5-3-2-4-6-13/h2-6,9-10,14H,7-8,11H2,1H3. The van der Waals surface area contributed by atoms with Crippen LogP contribution in [0.25, 0.3) is 5.78 Å². The Labute approximate surface area is 133 Å². The lowest BCUT2D eigenvalue weighted by Crippen LogP contribution is -2.33. The van der Waals surface area contributed by atoms with Crippen molar-refractivity contribution in [3.8, 4) is 0 Å². The highest BCUT2D eigenvalue weighted by Gasteiger charge is 2.34. The molecule has 6 heteroatoms. The molecular weight excluding hydrogens is 290 g/mol. The molecule has 23 heavy (non-hydrogen) atoms. The van der Waals surface area contributed by atoms with E-state index in [1.165, 1.54) is 0 Å². The molecule has 0 bridgehead atoms. The van der Waals surface area contributed by atoms with E-state index in [1.54, 1.807) is 10.7 Å². The minimum absolute atomic E-state index is 0.124. The number of aryl methyl sites for hydroxylation is 1. The van der Waals surface area contributed by atoms with Gasteiger partial charge in [-0.15, -0.1) is 5.10 Å². The van der Waals surface area contributed by atoms with Crippen molar-refractivity contribution in [1.29, 1.82) is 0 Å². The second-order valence-electron chi connectivity index (χ2n) is 5.88. The molecule has 2 aromatic heterocycles. The van der Waals surface area contributed by atoms with Gasteiger partial charge in [0.15, 0.2) is 0 Å². The molecular formula is C17H17N5O. The fourth-order valence-corrected chi connectivity index (χ4v) is 2.66. The SMILES string of the molecule is Cc1ccnc2nc(C(=O)N(Cc3ccccc3)C3CC3)nn12. The Hall–Kier alpha value is -2.76. The Morgan fingerprint density at radius 2 is 2.04 bits per heavy atom. The number of carbonyl (C=O) groups excluding carboxylic acids is 1. The van der Waals surface area contributed by atoms with E-state index >= 15 is 0 Å². The number of benzene rings is 1. The molecule has 1 aliphatic carbocycles. The molecule has 0 N–H and O–H groups in total. The smallest absolute Gasteiger partial charge is 0.294 e. The molecule has 1 aromatic carbocycles. The van der Waals surface area contributed by atoms with Gasteiger partial charge in [0, 0.05) is 24.5 Å². The summed E-state index contributed by atoms with van der Waals surface area (Å²) in [4.78, 5) is 23.2. The van der Waals surface area contributed by atoms with Gasteiger partial charge in [0.25, 0.3) is 11.7 Å². The monoisotopic (exact) mass is 307 g/mol. The summed E-state index contributed by atoms with van der Waals surface area (Å²) in [6.07, 6.45) is 3.77. The van der Waals surface area contributed by atoms with Crippen molar-refractivity contribution in [2.45, 2.75) is 32.4 Å². The van der Waals surface area contributed by atoms with Gasteiger partial charge in [0.1, 0.15) is 0 Å². The fraction of sp³-hybridized carbons (Fsp3) is 0.294. The lowest BCUT2D eigenvalue weighted by Gasteiger charge is -2.20. The van der Waals surface area contributed by atoms with Crippen LogP contribution in [0.4, 0.5) is 0 Å². The number of hydrogen-bond donors (Lipinski definition) is 0. The average molecular weight is 307 g/mol. The van der Waals surface area contributed by atoms with E-state index in [9.17, 15) is 4.79 Å². The number of aromatic nitrogens is 4. The summed E-state index contributed by atoms with van der Waals surface area (Å²) < 4.78 is 1.61. The summed E-state index contributed by atoms with van der Waals surface area (Å²) in [6.45, 7) is 2.51. The molecule has 116 valence electrons. The number of rotatable bonds is 4. The van der Waals surface area contributed by atoms with Crippen molar-refractivity contribution in [2.24, 2.45) is 0 Å². The normalized spacial score (nSPS) is 14.1. The summed E-state index contributed by atoms with van der Waals surface area (Å²) in [6, 6.07) is 12.2. The van der Waals surface area contributed by atoms with Gasteiger partial charge in [-0.2, -0.15) is 4.98 Å². The molecule has 0 atom stereocenters. The maximum atomic E-state index is 12.9. The van der Waals surface area contributed by atoms with Crippen LogP contribution < -0.4 is 0 Å². The van der Waals surface area contributed by atoms with Crippen LogP contribution in [-0.4, -0.2) is 36.4 Å². The molecule has 0 saturated heterocycles. The summed E-state index contributed by atoms with van der Waals surface area (Å²) in [5.41, 5.74) is 2.02. The van der Waals surface area contributed by atoms with E-state index in [0.29, 0.717) is 18.4 Å². The van der Waals surface area contributed by atoms with Crippen LogP contribution in [0.5, 0.6) is 0 Å². The third-order valence-corrected chi connectivity index (χ3v) is 4.07. The van der Waals surface area contributed by atoms with Gasteiger partial charge >= 0.3 is 0 Å². The molecule has 0 unspecified atom stereocenters. The minimum atomic E-state index is -0.124. The zero-order chi connectivity index (χ0) is 15.8. The van der Waals surface area contributed by atoms with Crippen LogP contribution in [0.2, 0.25) is 0 Å². The second-order valence-corrected chi connectivity index (χ2v) is 5.88. The highest BCUT2D eigenvalue weighted by molar-refractivity contribution is 5.91. The first kappa shape index (κ1) is 13.9. The van der Waals surface area contributed by atoms with Gasteiger partial charge in [0.05, 0.1) is 0 Å². The van der Waals surface area contributed by atoms with Crippen molar-refractivity contribution in [1.82, 2.24) is 24.5 Å². The predicted molar refractivity (Wildman–Crippen MR) is 84.9 cm³/mol. The van der Waals surface area contributed by atoms with Crippen molar-refractivity contribution in [3.05, 3.63) is 59.7 Å². The summed E-state index contributed by atoms with van der Waals surface area (Å²) in [5.74, 6) is 0.555. The van der Waals surface area contributed by atoms with Gasteiger partial charge in [-0.05, 0) is 31.4 Å². The first-order chi connectivity index (χ1) is 11.2. The first-order valence-electron chi connectivity index (χ1n) is 7.75. The van der Waals surface area contributed by atoms with Crippen molar-refractivity contribution < 1.29 is 4.79 Å². The molecule has 2 heterocycles. The molecule has 1 saturated carbocycles. The minimum Gasteiger partial charge on any atom is -0.329 e. The molecule has 0 aliphatic heterocycles. The van der Waals surface area contributed by atoms with Gasteiger partial charge in [0.2, 0.25) is 5.82 Å². The first-order valence-corrected chi connectivity index (χ1v) is 7.75. The van der Waals surface area contributed by atoms with E-state index in [1.807, 2.05) is 48.2 Å². The number of hydrogen-bond acceptors (Lipinski definition) is 4. The predicted octanol–water partition coefficient (Wildman–Crippen LogP) is 2.24. The van der Waals surface area contributed by atoms with Gasteiger partial charge in [-0.1, -0.05) is 30.3 Å². The van der Waals surface area contributed by atoms with Crippen molar-refractivity contribution in [2.75, 3.05) is 0 Å².